The Labute approximate surface area is 152 Å². The summed E-state index contributed by atoms with van der Waals surface area (Å²) in [5.74, 6) is -0.422. The van der Waals surface area contributed by atoms with Crippen molar-refractivity contribution in [1.82, 2.24) is 20.3 Å². The second-order valence-corrected chi connectivity index (χ2v) is 7.54. The number of aromatic nitrogens is 1. The highest BCUT2D eigenvalue weighted by atomic mass is 16.5. The molecule has 0 bridgehead atoms. The molecule has 0 aromatic carbocycles. The van der Waals surface area contributed by atoms with Gasteiger partial charge in [-0.25, -0.2) is 5.48 Å². The molecule has 0 aliphatic carbocycles. The van der Waals surface area contributed by atoms with Crippen molar-refractivity contribution >= 4 is 11.8 Å². The number of ether oxygens (including phenoxy) is 1. The summed E-state index contributed by atoms with van der Waals surface area (Å²) in [5, 5.41) is 8.76. The van der Waals surface area contributed by atoms with Crippen molar-refractivity contribution in [3.8, 4) is 0 Å². The van der Waals surface area contributed by atoms with Gasteiger partial charge in [-0.3, -0.25) is 24.7 Å². The molecule has 2 N–H and O–H groups in total. The number of carbonyl (C=O) groups excluding carboxylic acids is 2. The Morgan fingerprint density at radius 3 is 2.96 bits per heavy atom. The highest BCUT2D eigenvalue weighted by molar-refractivity contribution is 5.93. The topological polar surface area (TPSA) is 95.0 Å². The van der Waals surface area contributed by atoms with Crippen LogP contribution in [0.2, 0.25) is 0 Å². The lowest BCUT2D eigenvalue weighted by molar-refractivity contribution is -0.189. The number of hydroxylamine groups is 1. The first kappa shape index (κ1) is 17.4. The van der Waals surface area contributed by atoms with E-state index in [4.69, 9.17) is 9.94 Å². The average Bonchev–Trinajstić information content (AvgIpc) is 2.64. The number of amides is 2. The molecule has 1 aromatic rings. The van der Waals surface area contributed by atoms with Gasteiger partial charge in [-0.2, -0.15) is 0 Å². The third kappa shape index (κ3) is 3.08. The predicted molar refractivity (Wildman–Crippen MR) is 91.6 cm³/mol. The third-order valence-electron chi connectivity index (χ3n) is 5.83. The van der Waals surface area contributed by atoms with Crippen LogP contribution < -0.4 is 5.48 Å². The van der Waals surface area contributed by atoms with Gasteiger partial charge in [0.15, 0.2) is 0 Å². The maximum absolute atomic E-state index is 11.5. The van der Waals surface area contributed by atoms with Crippen LogP contribution in [-0.2, 0) is 22.5 Å². The molecule has 4 heterocycles. The Balaban J connectivity index is 1.42. The smallest absolute Gasteiger partial charge is 0.276 e. The Morgan fingerprint density at radius 2 is 2.23 bits per heavy atom. The first-order valence-corrected chi connectivity index (χ1v) is 9.05. The molecular formula is C18H24N4O4. The fourth-order valence-corrected chi connectivity index (χ4v) is 4.34. The largest absolute Gasteiger partial charge is 0.371 e. The molecule has 1 aromatic heterocycles. The molecule has 0 radical (unpaired) electrons. The molecule has 1 spiro atoms. The van der Waals surface area contributed by atoms with Crippen LogP contribution in [0, 0.1) is 0 Å². The maximum atomic E-state index is 11.5. The standard InChI is InChI=1S/C18H24N4O4/c1-12(23)22-10-18(11-22)7-15(3-5-26-18)21-4-2-13-6-14(17(24)20-25)8-19-16(13)9-21/h6,8,15,25H,2-5,7,9-11H2,1H3,(H,20,24)/t15-/m1/s1. The van der Waals surface area contributed by atoms with E-state index in [9.17, 15) is 9.59 Å². The summed E-state index contributed by atoms with van der Waals surface area (Å²) in [6.07, 6.45) is 4.27. The van der Waals surface area contributed by atoms with E-state index in [0.717, 1.165) is 50.2 Å². The summed E-state index contributed by atoms with van der Waals surface area (Å²) in [7, 11) is 0. The van der Waals surface area contributed by atoms with E-state index in [1.54, 1.807) is 12.4 Å². The monoisotopic (exact) mass is 360 g/mol. The van der Waals surface area contributed by atoms with Gasteiger partial charge >= 0.3 is 0 Å². The third-order valence-corrected chi connectivity index (χ3v) is 5.83. The van der Waals surface area contributed by atoms with Crippen molar-refractivity contribution in [3.05, 3.63) is 29.1 Å². The summed E-state index contributed by atoms with van der Waals surface area (Å²) in [5.41, 5.74) is 3.91. The molecule has 8 heteroatoms. The van der Waals surface area contributed by atoms with Gasteiger partial charge in [-0.15, -0.1) is 0 Å². The Bertz CT molecular complexity index is 732. The van der Waals surface area contributed by atoms with Crippen LogP contribution in [0.5, 0.6) is 0 Å². The Morgan fingerprint density at radius 1 is 1.42 bits per heavy atom. The molecule has 3 aliphatic rings. The zero-order valence-corrected chi connectivity index (χ0v) is 14.9. The molecule has 4 rings (SSSR count). The van der Waals surface area contributed by atoms with Crippen molar-refractivity contribution in [2.24, 2.45) is 0 Å². The fraction of sp³-hybridized carbons (Fsp3) is 0.611. The molecule has 1 atom stereocenters. The number of carbonyl (C=O) groups is 2. The van der Waals surface area contributed by atoms with E-state index in [1.165, 1.54) is 6.20 Å². The normalized spacial score (nSPS) is 24.7. The van der Waals surface area contributed by atoms with Crippen molar-refractivity contribution in [2.75, 3.05) is 26.2 Å². The molecule has 140 valence electrons. The van der Waals surface area contributed by atoms with Gasteiger partial charge in [0, 0.05) is 38.9 Å². The number of likely N-dealkylation sites (tertiary alicyclic amines) is 1. The molecule has 0 saturated carbocycles. The lowest BCUT2D eigenvalue weighted by Gasteiger charge is -2.54. The van der Waals surface area contributed by atoms with E-state index in [0.29, 0.717) is 24.7 Å². The average molecular weight is 360 g/mol. The maximum Gasteiger partial charge on any atom is 0.276 e. The SMILES string of the molecule is CC(=O)N1CC2(C[C@H](N3CCc4cc(C(=O)NO)cnc4C3)CCO2)C1. The molecule has 8 nitrogen and oxygen atoms in total. The van der Waals surface area contributed by atoms with E-state index >= 15 is 0 Å². The van der Waals surface area contributed by atoms with Gasteiger partial charge in [0.2, 0.25) is 5.91 Å². The molecule has 26 heavy (non-hydrogen) atoms. The fourth-order valence-electron chi connectivity index (χ4n) is 4.34. The van der Waals surface area contributed by atoms with Crippen LogP contribution in [0.1, 0.15) is 41.4 Å². The van der Waals surface area contributed by atoms with Gasteiger partial charge in [0.1, 0.15) is 5.60 Å². The number of rotatable bonds is 2. The number of nitrogens with one attached hydrogen (secondary N) is 1. The summed E-state index contributed by atoms with van der Waals surface area (Å²) >= 11 is 0. The second-order valence-electron chi connectivity index (χ2n) is 7.54. The summed E-state index contributed by atoms with van der Waals surface area (Å²) in [6, 6.07) is 2.24. The van der Waals surface area contributed by atoms with E-state index < -0.39 is 5.91 Å². The van der Waals surface area contributed by atoms with Crippen LogP contribution >= 0.6 is 0 Å². The number of hydrogen-bond acceptors (Lipinski definition) is 6. The zero-order chi connectivity index (χ0) is 18.3. The van der Waals surface area contributed by atoms with Crippen molar-refractivity contribution < 1.29 is 19.5 Å². The van der Waals surface area contributed by atoms with Gasteiger partial charge in [0.05, 0.1) is 24.3 Å². The number of pyridine rings is 1. The van der Waals surface area contributed by atoms with Crippen molar-refractivity contribution in [2.45, 2.75) is 44.4 Å². The van der Waals surface area contributed by atoms with Crippen LogP contribution in [0.4, 0.5) is 0 Å². The van der Waals surface area contributed by atoms with Crippen molar-refractivity contribution in [3.63, 3.8) is 0 Å². The molecule has 0 unspecified atom stereocenters. The minimum atomic E-state index is -0.533. The zero-order valence-electron chi connectivity index (χ0n) is 14.9. The minimum Gasteiger partial charge on any atom is -0.371 e. The van der Waals surface area contributed by atoms with Crippen molar-refractivity contribution in [1.29, 1.82) is 0 Å². The van der Waals surface area contributed by atoms with E-state index in [2.05, 4.69) is 9.88 Å². The first-order chi connectivity index (χ1) is 12.5. The van der Waals surface area contributed by atoms with Gasteiger partial charge in [-0.05, 0) is 30.9 Å². The first-order valence-electron chi connectivity index (χ1n) is 9.05. The quantitative estimate of drug-likeness (QED) is 0.583. The molecule has 2 amide bonds. The van der Waals surface area contributed by atoms with Gasteiger partial charge < -0.3 is 9.64 Å². The number of hydrogen-bond donors (Lipinski definition) is 2. The van der Waals surface area contributed by atoms with Crippen LogP contribution in [0.15, 0.2) is 12.3 Å². The summed E-state index contributed by atoms with van der Waals surface area (Å²) in [6.45, 7) is 5.39. The lowest BCUT2D eigenvalue weighted by atomic mass is 9.82. The lowest BCUT2D eigenvalue weighted by Crippen LogP contribution is -2.68. The molecule has 2 saturated heterocycles. The molecule has 2 fully saturated rings. The van der Waals surface area contributed by atoms with Crippen LogP contribution in [0.25, 0.3) is 0 Å². The number of nitrogens with zero attached hydrogens (tertiary/aromatic N) is 3. The second kappa shape index (κ2) is 6.61. The molecule has 3 aliphatic heterocycles. The van der Waals surface area contributed by atoms with E-state index in [1.807, 2.05) is 11.0 Å². The molecular weight excluding hydrogens is 336 g/mol. The highest BCUT2D eigenvalue weighted by Crippen LogP contribution is 2.37. The number of fused-ring (bicyclic) bond motifs is 1. The Kier molecular flexibility index (Phi) is 4.42. The Hall–Kier alpha value is -2.03. The highest BCUT2D eigenvalue weighted by Gasteiger charge is 2.49. The predicted octanol–water partition coefficient (Wildman–Crippen LogP) is 0.339. The summed E-state index contributed by atoms with van der Waals surface area (Å²) in [4.78, 5) is 31.7. The van der Waals surface area contributed by atoms with E-state index in [-0.39, 0.29) is 11.5 Å². The van der Waals surface area contributed by atoms with Gasteiger partial charge in [-0.1, -0.05) is 0 Å². The van der Waals surface area contributed by atoms with Gasteiger partial charge in [0.25, 0.3) is 5.91 Å². The van der Waals surface area contributed by atoms with Crippen LogP contribution in [-0.4, -0.2) is 69.7 Å². The minimum absolute atomic E-state index is 0.111. The van der Waals surface area contributed by atoms with Crippen LogP contribution in [0.3, 0.4) is 0 Å². The summed E-state index contributed by atoms with van der Waals surface area (Å²) < 4.78 is 6.02.